The molecule has 2 atom stereocenters. The molecule has 0 heterocycles. The van der Waals surface area contributed by atoms with Crippen molar-refractivity contribution in [1.29, 1.82) is 0 Å². The zero-order chi connectivity index (χ0) is 33.1. The van der Waals surface area contributed by atoms with Gasteiger partial charge in [0, 0.05) is 21.8 Å². The van der Waals surface area contributed by atoms with Crippen LogP contribution in [0.1, 0.15) is 59.1 Å². The van der Waals surface area contributed by atoms with Crippen LogP contribution in [0.25, 0.3) is 0 Å². The van der Waals surface area contributed by atoms with E-state index in [0.717, 1.165) is 5.56 Å². The van der Waals surface area contributed by atoms with Crippen molar-refractivity contribution in [3.05, 3.63) is 63.6 Å². The predicted molar refractivity (Wildman–Crippen MR) is 167 cm³/mol. The van der Waals surface area contributed by atoms with Crippen molar-refractivity contribution in [3.63, 3.8) is 0 Å². The molecule has 0 radical (unpaired) electrons. The van der Waals surface area contributed by atoms with Crippen LogP contribution >= 0.6 is 30.6 Å². The molecule has 13 heteroatoms. The third-order valence-electron chi connectivity index (χ3n) is 6.06. The van der Waals surface area contributed by atoms with E-state index in [9.17, 15) is 24.1 Å². The molecule has 2 aromatic rings. The van der Waals surface area contributed by atoms with Crippen molar-refractivity contribution in [1.82, 2.24) is 0 Å². The lowest BCUT2D eigenvalue weighted by Gasteiger charge is -2.23. The summed E-state index contributed by atoms with van der Waals surface area (Å²) in [5.41, 5.74) is -0.190. The summed E-state index contributed by atoms with van der Waals surface area (Å²) in [6.45, 7) is 8.88. The van der Waals surface area contributed by atoms with Gasteiger partial charge in [0.25, 0.3) is 0 Å². The van der Waals surface area contributed by atoms with Crippen molar-refractivity contribution < 1.29 is 47.5 Å². The largest absolute Gasteiger partial charge is 0.489 e. The molecule has 2 rings (SSSR count). The Kier molecular flexibility index (Phi) is 14.2. The first-order valence-electron chi connectivity index (χ1n) is 13.9. The third-order valence-corrected chi connectivity index (χ3v) is 9.08. The molecule has 0 saturated carbocycles. The number of carbonyl (C=O) groups excluding carboxylic acids is 3. The summed E-state index contributed by atoms with van der Waals surface area (Å²) in [5, 5.41) is 11.3. The number of esters is 3. The third kappa shape index (κ3) is 13.2. The Bertz CT molecular complexity index is 1320. The Morgan fingerprint density at radius 1 is 0.886 bits per heavy atom. The average molecular weight is 676 g/mol. The van der Waals surface area contributed by atoms with Gasteiger partial charge in [-0.1, -0.05) is 53.5 Å². The molecule has 0 bridgehead atoms. The molecule has 0 saturated heterocycles. The van der Waals surface area contributed by atoms with Gasteiger partial charge in [-0.3, -0.25) is 23.5 Å². The topological polar surface area (TPSA) is 135 Å². The van der Waals surface area contributed by atoms with Gasteiger partial charge in [-0.2, -0.15) is 0 Å². The van der Waals surface area contributed by atoms with Gasteiger partial charge in [-0.25, -0.2) is 0 Å². The monoisotopic (exact) mass is 674 g/mol. The molecule has 2 unspecified atom stereocenters. The lowest BCUT2D eigenvalue weighted by atomic mass is 9.97. The van der Waals surface area contributed by atoms with Crippen LogP contribution in [-0.4, -0.2) is 55.0 Å². The van der Waals surface area contributed by atoms with Gasteiger partial charge in [0.2, 0.25) is 14.2 Å². The van der Waals surface area contributed by atoms with E-state index in [-0.39, 0.29) is 24.2 Å². The molecule has 1 N–H and O–H groups in total. The lowest BCUT2D eigenvalue weighted by molar-refractivity contribution is -0.173. The molecule has 2 aromatic carbocycles. The number of ether oxygens (including phenoxy) is 4. The molecule has 0 aliphatic heterocycles. The molecule has 244 valence electrons. The van der Waals surface area contributed by atoms with Crippen molar-refractivity contribution in [2.75, 3.05) is 25.9 Å². The van der Waals surface area contributed by atoms with Crippen molar-refractivity contribution in [3.8, 4) is 5.75 Å². The Hall–Kier alpha value is -2.62. The van der Waals surface area contributed by atoms with Crippen LogP contribution in [0.3, 0.4) is 0 Å². The standard InChI is InChI=1S/C31H41Cl2O10P/c1-30(2,3)28(36)41-19-40-27(35)16-23(34)18-44(38,43-20-42-29(37)31(4,5)6)13-12-24-25(33)14-22(32)15-26(24)39-17-21-10-8-7-9-11-21/h7-11,14-15,23,34H,12-13,16-20H2,1-6H3. The highest BCUT2D eigenvalue weighted by Crippen LogP contribution is 2.49. The van der Waals surface area contributed by atoms with Crippen LogP contribution in [0.15, 0.2) is 42.5 Å². The minimum absolute atomic E-state index is 0.0878. The first-order valence-corrected chi connectivity index (χ1v) is 16.7. The summed E-state index contributed by atoms with van der Waals surface area (Å²) in [6.07, 6.45) is -2.50. The quantitative estimate of drug-likeness (QED) is 0.122. The van der Waals surface area contributed by atoms with E-state index in [0.29, 0.717) is 16.3 Å². The van der Waals surface area contributed by atoms with Gasteiger partial charge in [-0.15, -0.1) is 0 Å². The van der Waals surface area contributed by atoms with Crippen LogP contribution in [-0.2, 0) is 50.7 Å². The van der Waals surface area contributed by atoms with Crippen LogP contribution in [0.2, 0.25) is 10.0 Å². The summed E-state index contributed by atoms with van der Waals surface area (Å²) in [4.78, 5) is 36.3. The van der Waals surface area contributed by atoms with Gasteiger partial charge in [0.1, 0.15) is 12.4 Å². The van der Waals surface area contributed by atoms with E-state index in [1.807, 2.05) is 30.3 Å². The molecule has 0 spiro atoms. The van der Waals surface area contributed by atoms with Gasteiger partial charge >= 0.3 is 17.9 Å². The summed E-state index contributed by atoms with van der Waals surface area (Å²) >= 11 is 12.7. The van der Waals surface area contributed by atoms with Crippen LogP contribution in [0.5, 0.6) is 5.75 Å². The Labute approximate surface area is 268 Å². The number of carbonyl (C=O) groups is 3. The van der Waals surface area contributed by atoms with E-state index in [1.165, 1.54) is 6.07 Å². The molecule has 10 nitrogen and oxygen atoms in total. The predicted octanol–water partition coefficient (Wildman–Crippen LogP) is 6.80. The summed E-state index contributed by atoms with van der Waals surface area (Å²) < 4.78 is 40.5. The lowest BCUT2D eigenvalue weighted by Crippen LogP contribution is -2.26. The smallest absolute Gasteiger partial charge is 0.314 e. The summed E-state index contributed by atoms with van der Waals surface area (Å²) in [6, 6.07) is 12.6. The zero-order valence-corrected chi connectivity index (χ0v) is 28.3. The van der Waals surface area contributed by atoms with Gasteiger partial charge in [0.05, 0.1) is 29.5 Å². The second kappa shape index (κ2) is 16.6. The van der Waals surface area contributed by atoms with E-state index in [4.69, 9.17) is 46.7 Å². The number of halogens is 2. The SMILES string of the molecule is CC(C)(C)C(=O)OCOC(=O)CC(O)CP(=O)(CCc1c(Cl)cc(Cl)cc1OCc1ccccc1)OCOC(=O)C(C)(C)C. The molecular weight excluding hydrogens is 634 g/mol. The maximum Gasteiger partial charge on any atom is 0.314 e. The Morgan fingerprint density at radius 2 is 1.48 bits per heavy atom. The number of aliphatic hydroxyl groups excluding tert-OH is 1. The minimum Gasteiger partial charge on any atom is -0.489 e. The highest BCUT2D eigenvalue weighted by molar-refractivity contribution is 7.59. The van der Waals surface area contributed by atoms with E-state index in [1.54, 1.807) is 47.6 Å². The van der Waals surface area contributed by atoms with Gasteiger partial charge in [0.15, 0.2) is 6.79 Å². The zero-order valence-electron chi connectivity index (χ0n) is 25.9. The van der Waals surface area contributed by atoms with Gasteiger partial charge < -0.3 is 24.1 Å². The Balaban J connectivity index is 2.14. The van der Waals surface area contributed by atoms with Gasteiger partial charge in [-0.05, 0) is 65.7 Å². The van der Waals surface area contributed by atoms with Crippen LogP contribution < -0.4 is 4.74 Å². The molecule has 0 fully saturated rings. The van der Waals surface area contributed by atoms with E-state index >= 15 is 0 Å². The van der Waals surface area contributed by atoms with E-state index < -0.39 is 68.4 Å². The molecule has 0 aliphatic rings. The number of hydrogen-bond acceptors (Lipinski definition) is 10. The maximum absolute atomic E-state index is 14.0. The summed E-state index contributed by atoms with van der Waals surface area (Å²) in [5.74, 6) is -1.63. The molecule has 0 aliphatic carbocycles. The second-order valence-corrected chi connectivity index (χ2v) is 15.8. The van der Waals surface area contributed by atoms with Crippen molar-refractivity contribution in [2.45, 2.75) is 67.1 Å². The highest BCUT2D eigenvalue weighted by Gasteiger charge is 2.31. The minimum atomic E-state index is -3.77. The van der Waals surface area contributed by atoms with Crippen LogP contribution in [0.4, 0.5) is 0 Å². The van der Waals surface area contributed by atoms with Crippen molar-refractivity contribution >= 4 is 48.5 Å². The maximum atomic E-state index is 14.0. The first kappa shape index (κ1) is 37.6. The normalized spacial score (nSPS) is 13.8. The fourth-order valence-corrected chi connectivity index (χ4v) is 6.14. The Morgan fingerprint density at radius 3 is 2.07 bits per heavy atom. The van der Waals surface area contributed by atoms with Crippen LogP contribution in [0, 0.1) is 10.8 Å². The summed E-state index contributed by atoms with van der Waals surface area (Å²) in [7, 11) is -3.77. The fraction of sp³-hybridized carbons (Fsp3) is 0.516. The molecular formula is C31H41Cl2O10P. The van der Waals surface area contributed by atoms with Crippen molar-refractivity contribution in [2.24, 2.45) is 10.8 Å². The molecule has 44 heavy (non-hydrogen) atoms. The highest BCUT2D eigenvalue weighted by atomic mass is 35.5. The number of aliphatic hydroxyl groups is 1. The second-order valence-electron chi connectivity index (χ2n) is 12.2. The van der Waals surface area contributed by atoms with E-state index in [2.05, 4.69) is 0 Å². The number of rotatable bonds is 15. The molecule has 0 aromatic heterocycles. The number of benzene rings is 2. The average Bonchev–Trinajstić information content (AvgIpc) is 2.90. The number of hydrogen-bond donors (Lipinski definition) is 1. The molecule has 0 amide bonds. The first-order chi connectivity index (χ1) is 20.4. The fourth-order valence-electron chi connectivity index (χ4n) is 3.57.